The average molecular weight is 173 g/mol. The molecule has 1 heterocycles. The third-order valence-electron chi connectivity index (χ3n) is 1.08. The van der Waals surface area contributed by atoms with Gasteiger partial charge >= 0.3 is 0 Å². The number of ether oxygens (including phenoxy) is 1. The Morgan fingerprint density at radius 1 is 1.45 bits per heavy atom. The number of rotatable bonds is 3. The number of nitrogens with zero attached hydrogens (tertiary/aromatic N) is 2. The van der Waals surface area contributed by atoms with Crippen LogP contribution in [0.25, 0.3) is 0 Å². The number of aryl methyl sites for hydroxylation is 1. The number of hydrogen-bond donors (Lipinski definition) is 0. The molecule has 4 heteroatoms. The zero-order valence-electron chi connectivity index (χ0n) is 6.25. The van der Waals surface area contributed by atoms with E-state index >= 15 is 0 Å². The quantitative estimate of drug-likeness (QED) is 0.647. The van der Waals surface area contributed by atoms with E-state index in [1.54, 1.807) is 12.4 Å². The smallest absolute Gasteiger partial charge is 0.232 e. The van der Waals surface area contributed by atoms with E-state index in [1.807, 2.05) is 6.92 Å². The van der Waals surface area contributed by atoms with Crippen molar-refractivity contribution in [3.63, 3.8) is 0 Å². The second-order valence-electron chi connectivity index (χ2n) is 2.03. The van der Waals surface area contributed by atoms with E-state index in [1.165, 1.54) is 0 Å². The summed E-state index contributed by atoms with van der Waals surface area (Å²) >= 11 is 5.41. The topological polar surface area (TPSA) is 35.0 Å². The first-order valence-corrected chi connectivity index (χ1v) is 3.84. The molecule has 1 rings (SSSR count). The Bertz CT molecular complexity index is 212. The van der Waals surface area contributed by atoms with Crippen molar-refractivity contribution in [2.24, 2.45) is 0 Å². The lowest BCUT2D eigenvalue weighted by Gasteiger charge is -2.00. The van der Waals surface area contributed by atoms with Crippen LogP contribution in [0.2, 0.25) is 0 Å². The summed E-state index contributed by atoms with van der Waals surface area (Å²) in [5, 5.41) is 0. The van der Waals surface area contributed by atoms with Gasteiger partial charge in [0.15, 0.2) is 0 Å². The Morgan fingerprint density at radius 3 is 2.82 bits per heavy atom. The van der Waals surface area contributed by atoms with Gasteiger partial charge in [-0.2, -0.15) is 0 Å². The zero-order valence-corrected chi connectivity index (χ0v) is 7.01. The van der Waals surface area contributed by atoms with Gasteiger partial charge in [-0.1, -0.05) is 0 Å². The second-order valence-corrected chi connectivity index (χ2v) is 2.41. The molecule has 1 aromatic rings. The Hall–Kier alpha value is -0.830. The van der Waals surface area contributed by atoms with E-state index < -0.39 is 0 Å². The summed E-state index contributed by atoms with van der Waals surface area (Å²) in [6.45, 7) is 2.34. The molecule has 0 aromatic carbocycles. The molecule has 0 spiro atoms. The molecule has 0 bridgehead atoms. The monoisotopic (exact) mass is 172 g/mol. The minimum atomic E-state index is 0.468. The molecule has 1 aromatic heterocycles. The first kappa shape index (κ1) is 8.27. The molecule has 60 valence electrons. The molecule has 0 aliphatic carbocycles. The molecule has 0 atom stereocenters. The highest BCUT2D eigenvalue weighted by molar-refractivity contribution is 6.17. The van der Waals surface area contributed by atoms with E-state index in [-0.39, 0.29) is 0 Å². The molecular weight excluding hydrogens is 164 g/mol. The second kappa shape index (κ2) is 4.13. The van der Waals surface area contributed by atoms with Crippen LogP contribution < -0.4 is 4.74 Å². The van der Waals surface area contributed by atoms with Crippen molar-refractivity contribution in [1.29, 1.82) is 0 Å². The van der Waals surface area contributed by atoms with Gasteiger partial charge in [0.1, 0.15) is 6.61 Å². The Balaban J connectivity index is 2.52. The predicted octanol–water partition coefficient (Wildman–Crippen LogP) is 1.40. The maximum atomic E-state index is 5.41. The molecule has 0 amide bonds. The van der Waals surface area contributed by atoms with Crippen molar-refractivity contribution in [1.82, 2.24) is 9.97 Å². The predicted molar refractivity (Wildman–Crippen MR) is 43.0 cm³/mol. The van der Waals surface area contributed by atoms with E-state index in [0.29, 0.717) is 18.4 Å². The molecule has 0 fully saturated rings. The third kappa shape index (κ3) is 2.72. The maximum Gasteiger partial charge on any atom is 0.232 e. The van der Waals surface area contributed by atoms with Crippen LogP contribution in [0.4, 0.5) is 0 Å². The molecule has 3 nitrogen and oxygen atoms in total. The summed E-state index contributed by atoms with van der Waals surface area (Å²) in [6.07, 6.45) is 3.24. The Kier molecular flexibility index (Phi) is 3.11. The molecular formula is C7H9ClN2O. The van der Waals surface area contributed by atoms with E-state index in [2.05, 4.69) is 9.97 Å². The number of hydrogen-bond acceptors (Lipinski definition) is 3. The summed E-state index contributed by atoms with van der Waals surface area (Å²) in [4.78, 5) is 7.97. The van der Waals surface area contributed by atoms with Gasteiger partial charge in [-0.15, -0.1) is 11.6 Å². The van der Waals surface area contributed by atoms with E-state index in [0.717, 1.165) is 5.69 Å². The molecule has 0 radical (unpaired) electrons. The third-order valence-corrected chi connectivity index (χ3v) is 1.24. The van der Waals surface area contributed by atoms with Crippen molar-refractivity contribution >= 4 is 11.6 Å². The van der Waals surface area contributed by atoms with Crippen molar-refractivity contribution in [3.8, 4) is 5.88 Å². The van der Waals surface area contributed by atoms with Crippen molar-refractivity contribution in [2.45, 2.75) is 6.92 Å². The fourth-order valence-electron chi connectivity index (χ4n) is 0.598. The minimum absolute atomic E-state index is 0.468. The van der Waals surface area contributed by atoms with Gasteiger partial charge in [-0.05, 0) is 6.92 Å². The van der Waals surface area contributed by atoms with Gasteiger partial charge < -0.3 is 4.74 Å². The molecule has 0 N–H and O–H groups in total. The van der Waals surface area contributed by atoms with E-state index in [9.17, 15) is 0 Å². The number of alkyl halides is 1. The fraction of sp³-hybridized carbons (Fsp3) is 0.429. The van der Waals surface area contributed by atoms with Crippen LogP contribution in [0.1, 0.15) is 5.69 Å². The molecule has 0 saturated carbocycles. The first-order chi connectivity index (χ1) is 5.33. The summed E-state index contributed by atoms with van der Waals surface area (Å²) in [6, 6.07) is 0. The largest absolute Gasteiger partial charge is 0.475 e. The average Bonchev–Trinajstić information content (AvgIpc) is 2.04. The van der Waals surface area contributed by atoms with Crippen LogP contribution in [-0.2, 0) is 0 Å². The van der Waals surface area contributed by atoms with Gasteiger partial charge in [0.25, 0.3) is 0 Å². The van der Waals surface area contributed by atoms with Gasteiger partial charge in [-0.25, -0.2) is 4.98 Å². The summed E-state index contributed by atoms with van der Waals surface area (Å²) in [5.74, 6) is 0.992. The Labute approximate surface area is 70.4 Å². The van der Waals surface area contributed by atoms with Crippen molar-refractivity contribution < 1.29 is 4.74 Å². The standard InChI is InChI=1S/C7H9ClN2O/c1-6-4-10-7(5-9-6)11-3-2-8/h4-5H,2-3H2,1H3. The summed E-state index contributed by atoms with van der Waals surface area (Å²) in [5.41, 5.74) is 0.878. The summed E-state index contributed by atoms with van der Waals surface area (Å²) in [7, 11) is 0. The van der Waals surface area contributed by atoms with Crippen LogP contribution in [0.5, 0.6) is 5.88 Å². The molecule has 0 unspecified atom stereocenters. The van der Waals surface area contributed by atoms with Gasteiger partial charge in [0, 0.05) is 0 Å². The highest BCUT2D eigenvalue weighted by Crippen LogP contribution is 2.02. The normalized spacial score (nSPS) is 9.64. The lowest BCUT2D eigenvalue weighted by Crippen LogP contribution is -2.00. The summed E-state index contributed by atoms with van der Waals surface area (Å²) < 4.78 is 5.10. The zero-order chi connectivity index (χ0) is 8.10. The molecule has 11 heavy (non-hydrogen) atoms. The minimum Gasteiger partial charge on any atom is -0.475 e. The highest BCUT2D eigenvalue weighted by Gasteiger charge is 1.93. The van der Waals surface area contributed by atoms with Gasteiger partial charge in [0.2, 0.25) is 5.88 Å². The first-order valence-electron chi connectivity index (χ1n) is 3.30. The van der Waals surface area contributed by atoms with Crippen LogP contribution in [-0.4, -0.2) is 22.5 Å². The lowest BCUT2D eigenvalue weighted by atomic mass is 10.5. The lowest BCUT2D eigenvalue weighted by molar-refractivity contribution is 0.327. The Morgan fingerprint density at radius 2 is 2.27 bits per heavy atom. The van der Waals surface area contributed by atoms with E-state index in [4.69, 9.17) is 16.3 Å². The van der Waals surface area contributed by atoms with Crippen LogP contribution in [0, 0.1) is 6.92 Å². The van der Waals surface area contributed by atoms with Crippen LogP contribution >= 0.6 is 11.6 Å². The van der Waals surface area contributed by atoms with Crippen molar-refractivity contribution in [2.75, 3.05) is 12.5 Å². The molecule has 0 saturated heterocycles. The maximum absolute atomic E-state index is 5.41. The van der Waals surface area contributed by atoms with Gasteiger partial charge in [0.05, 0.1) is 24.0 Å². The molecule has 0 aliphatic rings. The van der Waals surface area contributed by atoms with Crippen LogP contribution in [0.3, 0.4) is 0 Å². The number of halogens is 1. The van der Waals surface area contributed by atoms with Gasteiger partial charge in [-0.3, -0.25) is 4.98 Å². The number of aromatic nitrogens is 2. The van der Waals surface area contributed by atoms with Crippen LogP contribution in [0.15, 0.2) is 12.4 Å². The highest BCUT2D eigenvalue weighted by atomic mass is 35.5. The van der Waals surface area contributed by atoms with Crippen molar-refractivity contribution in [3.05, 3.63) is 18.1 Å². The molecule has 0 aliphatic heterocycles. The fourth-order valence-corrected chi connectivity index (χ4v) is 0.676. The SMILES string of the molecule is Cc1cnc(OCCCl)cn1.